The van der Waals surface area contributed by atoms with Gasteiger partial charge in [-0.2, -0.15) is 14.9 Å². The number of unbranched alkanes of at least 4 members (excludes halogenated alkanes) is 2. The number of fused-ring (bicyclic) bond motifs is 4. The average Bonchev–Trinajstić information content (AvgIpc) is 3.75. The third kappa shape index (κ3) is 14.3. The van der Waals surface area contributed by atoms with Crippen LogP contribution in [0.2, 0.25) is 0 Å². The Labute approximate surface area is 383 Å². The first-order valence-electron chi connectivity index (χ1n) is 21.8. The Kier molecular flexibility index (Phi) is 16.2. The maximum absolute atomic E-state index is 13.9. The topological polar surface area (TPSA) is 246 Å². The van der Waals surface area contributed by atoms with Gasteiger partial charge in [0.2, 0.25) is 11.9 Å². The van der Waals surface area contributed by atoms with E-state index in [0.717, 1.165) is 27.2 Å². The summed E-state index contributed by atoms with van der Waals surface area (Å²) in [7, 11) is 0. The Bertz CT molecular complexity index is 2330. The number of ether oxygens (including phenoxy) is 4. The van der Waals surface area contributed by atoms with Crippen molar-refractivity contribution >= 4 is 59.2 Å². The molecular weight excluding hydrogens is 855 g/mol. The number of carboxylic acids is 1. The Morgan fingerprint density at radius 2 is 1.27 bits per heavy atom. The normalized spacial score (nSPS) is 12.4. The minimum atomic E-state index is -1.29. The highest BCUT2D eigenvalue weighted by molar-refractivity contribution is 6.12. The van der Waals surface area contributed by atoms with Gasteiger partial charge in [0.25, 0.3) is 0 Å². The van der Waals surface area contributed by atoms with Crippen LogP contribution in [0.25, 0.3) is 22.3 Å². The number of benzene rings is 2. The average molecular weight is 916 g/mol. The minimum absolute atomic E-state index is 0.0153. The molecule has 0 saturated heterocycles. The van der Waals surface area contributed by atoms with Gasteiger partial charge in [-0.3, -0.25) is 9.59 Å². The second-order valence-corrected chi connectivity index (χ2v) is 18.6. The fraction of sp³-hybridized carbons (Fsp3) is 0.500. The van der Waals surface area contributed by atoms with Gasteiger partial charge in [-0.1, -0.05) is 48.5 Å². The predicted molar refractivity (Wildman–Crippen MR) is 244 cm³/mol. The van der Waals surface area contributed by atoms with Crippen molar-refractivity contribution in [2.24, 2.45) is 0 Å². The van der Waals surface area contributed by atoms with Gasteiger partial charge in [0.05, 0.1) is 6.33 Å². The number of imide groups is 1. The first-order valence-corrected chi connectivity index (χ1v) is 21.8. The number of aliphatic carboxylic acids is 1. The molecule has 20 nitrogen and oxygen atoms in total. The molecule has 1 aliphatic carbocycles. The van der Waals surface area contributed by atoms with E-state index < -0.39 is 66.1 Å². The molecule has 2 heterocycles. The Morgan fingerprint density at radius 1 is 0.712 bits per heavy atom. The van der Waals surface area contributed by atoms with E-state index in [2.05, 4.69) is 30.9 Å². The van der Waals surface area contributed by atoms with Gasteiger partial charge in [0, 0.05) is 32.1 Å². The van der Waals surface area contributed by atoms with Crippen LogP contribution in [0.1, 0.15) is 98.6 Å². The van der Waals surface area contributed by atoms with Gasteiger partial charge in [0.15, 0.2) is 17.0 Å². The number of carbonyl (C=O) groups excluding carboxylic acids is 5. The molecule has 2 aromatic carbocycles. The lowest BCUT2D eigenvalue weighted by Gasteiger charge is -2.28. The molecule has 0 unspecified atom stereocenters. The maximum Gasteiger partial charge on any atom is 0.425 e. The van der Waals surface area contributed by atoms with Crippen LogP contribution in [0.15, 0.2) is 54.9 Å². The summed E-state index contributed by atoms with van der Waals surface area (Å²) in [5.74, 6) is -2.46. The first kappa shape index (κ1) is 50.0. The third-order valence-corrected chi connectivity index (χ3v) is 9.59. The number of nitrogens with zero attached hydrogens (tertiary/aromatic N) is 6. The number of amides is 5. The molecule has 4 aromatic rings. The molecule has 5 amide bonds. The molecule has 0 radical (unpaired) electrons. The van der Waals surface area contributed by atoms with Crippen LogP contribution in [0.5, 0.6) is 0 Å². The lowest BCUT2D eigenvalue weighted by atomic mass is 9.98. The number of anilines is 2. The number of hydrogen-bond donors (Lipinski definition) is 4. The molecule has 0 aliphatic heterocycles. The van der Waals surface area contributed by atoms with E-state index in [0.29, 0.717) is 37.3 Å². The van der Waals surface area contributed by atoms with E-state index in [1.807, 2.05) is 48.5 Å². The summed E-state index contributed by atoms with van der Waals surface area (Å²) >= 11 is 0. The van der Waals surface area contributed by atoms with Crippen LogP contribution in [0.4, 0.5) is 30.9 Å². The summed E-state index contributed by atoms with van der Waals surface area (Å²) in [6, 6.07) is 15.8. The molecule has 0 atom stereocenters. The van der Waals surface area contributed by atoms with E-state index in [1.54, 1.807) is 62.3 Å². The number of nitrogens with one attached hydrogen (secondary N) is 3. The molecule has 2 aromatic heterocycles. The second kappa shape index (κ2) is 21.3. The van der Waals surface area contributed by atoms with Crippen molar-refractivity contribution in [3.8, 4) is 11.1 Å². The molecule has 0 saturated carbocycles. The van der Waals surface area contributed by atoms with Crippen molar-refractivity contribution in [1.29, 1.82) is 0 Å². The highest BCUT2D eigenvalue weighted by atomic mass is 16.6. The van der Waals surface area contributed by atoms with E-state index in [9.17, 15) is 33.9 Å². The van der Waals surface area contributed by atoms with Crippen LogP contribution in [0.3, 0.4) is 0 Å². The SMILES string of the molecule is CC(C)(C)OC(=O)NCCCCCNc1nc(N(C(=O)OC(C)(C)C)C(=O)OC(C)(C)C)c2ncn(CC(=O)N(CCNC(=O)OCC3c4ccccc4-c4ccccc43)CC(=O)O)c2n1. The van der Waals surface area contributed by atoms with E-state index in [1.165, 1.54) is 10.9 Å². The van der Waals surface area contributed by atoms with Crippen LogP contribution in [-0.4, -0.2) is 122 Å². The monoisotopic (exact) mass is 915 g/mol. The smallest absolute Gasteiger partial charge is 0.425 e. The van der Waals surface area contributed by atoms with E-state index >= 15 is 0 Å². The van der Waals surface area contributed by atoms with Crippen molar-refractivity contribution in [1.82, 2.24) is 35.1 Å². The molecule has 1 aliphatic rings. The standard InChI is InChI=1S/C46H61N9O11/c1-44(2,3)64-41(60)48-22-16-10-15-21-47-39-51-37-36(38(52-39)55(42(61)65-45(4,5)6)43(62)66-46(7,8)9)50-28-54(37)25-34(56)53(26-35(57)58)24-23-49-40(59)63-27-33-31-19-13-11-17-29(31)30-18-12-14-20-32(30)33/h11-14,17-20,28,33H,10,15-16,21-27H2,1-9H3,(H,48,60)(H,49,59)(H,57,58)(H,47,51,52). The fourth-order valence-electron chi connectivity index (χ4n) is 6.92. The lowest BCUT2D eigenvalue weighted by molar-refractivity contribution is -0.144. The summed E-state index contributed by atoms with van der Waals surface area (Å²) in [4.78, 5) is 93.4. The Hall–Kier alpha value is -6.99. The van der Waals surface area contributed by atoms with Crippen LogP contribution in [-0.2, 0) is 35.1 Å². The zero-order chi connectivity index (χ0) is 48.4. The zero-order valence-corrected chi connectivity index (χ0v) is 39.1. The van der Waals surface area contributed by atoms with Crippen LogP contribution >= 0.6 is 0 Å². The maximum atomic E-state index is 13.9. The number of rotatable bonds is 17. The van der Waals surface area contributed by atoms with E-state index in [-0.39, 0.29) is 48.5 Å². The first-order chi connectivity index (χ1) is 31.0. The van der Waals surface area contributed by atoms with Gasteiger partial charge in [0.1, 0.15) is 36.5 Å². The van der Waals surface area contributed by atoms with Crippen molar-refractivity contribution in [2.75, 3.05) is 49.5 Å². The molecule has 66 heavy (non-hydrogen) atoms. The van der Waals surface area contributed by atoms with Gasteiger partial charge in [-0.25, -0.2) is 24.2 Å². The van der Waals surface area contributed by atoms with Crippen molar-refractivity contribution in [3.63, 3.8) is 0 Å². The summed E-state index contributed by atoms with van der Waals surface area (Å²) in [5, 5.41) is 18.2. The molecule has 356 valence electrons. The second-order valence-electron chi connectivity index (χ2n) is 18.6. The van der Waals surface area contributed by atoms with Gasteiger partial charge in [-0.05, 0) is 104 Å². The van der Waals surface area contributed by atoms with Crippen LogP contribution < -0.4 is 20.9 Å². The molecule has 0 bridgehead atoms. The number of aromatic nitrogens is 4. The number of hydrogen-bond acceptors (Lipinski definition) is 14. The lowest BCUT2D eigenvalue weighted by Crippen LogP contribution is -2.44. The molecule has 5 rings (SSSR count). The highest BCUT2D eigenvalue weighted by Gasteiger charge is 2.37. The molecule has 4 N–H and O–H groups in total. The Balaban J connectivity index is 1.32. The summed E-state index contributed by atoms with van der Waals surface area (Å²) in [5.41, 5.74) is 1.48. The van der Waals surface area contributed by atoms with Crippen LogP contribution in [0, 0.1) is 0 Å². The van der Waals surface area contributed by atoms with Gasteiger partial charge in [-0.15, -0.1) is 0 Å². The molecule has 20 heteroatoms. The highest BCUT2D eigenvalue weighted by Crippen LogP contribution is 2.44. The van der Waals surface area contributed by atoms with Gasteiger partial charge >= 0.3 is 30.3 Å². The van der Waals surface area contributed by atoms with Crippen molar-refractivity contribution in [3.05, 3.63) is 66.0 Å². The molecule has 0 fully saturated rings. The summed E-state index contributed by atoms with van der Waals surface area (Å²) < 4.78 is 23.4. The number of carbonyl (C=O) groups is 6. The van der Waals surface area contributed by atoms with Gasteiger partial charge < -0.3 is 49.5 Å². The Morgan fingerprint density at radius 3 is 1.85 bits per heavy atom. The zero-order valence-electron chi connectivity index (χ0n) is 39.1. The predicted octanol–water partition coefficient (Wildman–Crippen LogP) is 7.06. The fourth-order valence-corrected chi connectivity index (χ4v) is 6.92. The number of carboxylic acid groups (broad SMARTS) is 1. The van der Waals surface area contributed by atoms with Crippen molar-refractivity contribution < 1.29 is 52.8 Å². The quantitative estimate of drug-likeness (QED) is 0.0612. The molecule has 0 spiro atoms. The number of imidazole rings is 1. The van der Waals surface area contributed by atoms with E-state index in [4.69, 9.17) is 18.9 Å². The number of alkyl carbamates (subject to hydrolysis) is 2. The third-order valence-electron chi connectivity index (χ3n) is 9.59. The summed E-state index contributed by atoms with van der Waals surface area (Å²) in [6.45, 7) is 14.4. The van der Waals surface area contributed by atoms with Crippen molar-refractivity contribution in [2.45, 2.75) is 111 Å². The largest absolute Gasteiger partial charge is 0.480 e. The molecular formula is C46H61N9O11. The minimum Gasteiger partial charge on any atom is -0.480 e. The summed E-state index contributed by atoms with van der Waals surface area (Å²) in [6.07, 6.45) is -0.298.